The molecule has 0 fully saturated rings. The van der Waals surface area contributed by atoms with Crippen molar-refractivity contribution in [1.82, 2.24) is 10.3 Å². The average molecular weight is 290 g/mol. The molecule has 0 aliphatic carbocycles. The molecule has 2 aromatic rings. The summed E-state index contributed by atoms with van der Waals surface area (Å²) in [6.45, 7) is 0. The largest absolute Gasteiger partial charge is 0.481 e. The van der Waals surface area contributed by atoms with E-state index in [1.54, 1.807) is 18.2 Å². The molecule has 1 aromatic carbocycles. The average Bonchev–Trinajstić information content (AvgIpc) is 2.86. The lowest BCUT2D eigenvalue weighted by Crippen LogP contribution is -2.41. The second-order valence-corrected chi connectivity index (χ2v) is 4.54. The number of rotatable bonds is 6. The van der Waals surface area contributed by atoms with E-state index in [4.69, 9.17) is 10.2 Å². The number of amides is 1. The molecule has 110 valence electrons. The number of nitrogens with one attached hydrogen (secondary N) is 2. The molecule has 1 aromatic heterocycles. The van der Waals surface area contributed by atoms with Crippen molar-refractivity contribution in [3.05, 3.63) is 36.0 Å². The number of hydrogen-bond acceptors (Lipinski definition) is 3. The maximum absolute atomic E-state index is 12.1. The van der Waals surface area contributed by atoms with Crippen molar-refractivity contribution in [2.45, 2.75) is 18.9 Å². The Kier molecular flexibility index (Phi) is 4.22. The second-order valence-electron chi connectivity index (χ2n) is 4.54. The third-order valence-corrected chi connectivity index (χ3v) is 3.08. The molecule has 2 rings (SSSR count). The molecule has 1 unspecified atom stereocenters. The molecule has 0 aliphatic rings. The lowest BCUT2D eigenvalue weighted by Gasteiger charge is -2.13. The van der Waals surface area contributed by atoms with Gasteiger partial charge in [0.05, 0.1) is 5.56 Å². The highest BCUT2D eigenvalue weighted by Crippen LogP contribution is 2.17. The van der Waals surface area contributed by atoms with E-state index in [-0.39, 0.29) is 12.8 Å². The van der Waals surface area contributed by atoms with E-state index in [2.05, 4.69) is 10.3 Å². The van der Waals surface area contributed by atoms with Crippen molar-refractivity contribution in [1.29, 1.82) is 0 Å². The number of H-pyrrole nitrogens is 1. The molecule has 7 nitrogen and oxygen atoms in total. The number of para-hydroxylation sites is 1. The molecule has 0 saturated carbocycles. The molecule has 1 atom stereocenters. The van der Waals surface area contributed by atoms with Gasteiger partial charge >= 0.3 is 11.9 Å². The standard InChI is InChI=1S/C14H14N2O5/c17-12(18)6-5-11(14(20)21)16-13(19)9-7-15-10-4-2-1-3-8(9)10/h1-4,7,11,15H,5-6H2,(H,16,19)(H,17,18)(H,20,21). The Hall–Kier alpha value is -2.83. The van der Waals surface area contributed by atoms with Crippen LogP contribution in [0.15, 0.2) is 30.5 Å². The Bertz CT molecular complexity index is 691. The zero-order valence-electron chi connectivity index (χ0n) is 11.0. The van der Waals surface area contributed by atoms with Crippen molar-refractivity contribution in [2.75, 3.05) is 0 Å². The van der Waals surface area contributed by atoms with Crippen LogP contribution in [0, 0.1) is 0 Å². The predicted octanol–water partition coefficient (Wildman–Crippen LogP) is 1.22. The molecule has 0 radical (unpaired) electrons. The Balaban J connectivity index is 2.15. The molecule has 0 saturated heterocycles. The molecule has 0 aliphatic heterocycles. The maximum atomic E-state index is 12.1. The van der Waals surface area contributed by atoms with Gasteiger partial charge in [-0.2, -0.15) is 0 Å². The number of aromatic nitrogens is 1. The van der Waals surface area contributed by atoms with Gasteiger partial charge in [-0.25, -0.2) is 4.79 Å². The minimum Gasteiger partial charge on any atom is -0.481 e. The van der Waals surface area contributed by atoms with E-state index >= 15 is 0 Å². The van der Waals surface area contributed by atoms with E-state index in [0.29, 0.717) is 10.9 Å². The maximum Gasteiger partial charge on any atom is 0.326 e. The molecule has 1 amide bonds. The quantitative estimate of drug-likeness (QED) is 0.637. The number of carbonyl (C=O) groups excluding carboxylic acids is 1. The summed E-state index contributed by atoms with van der Waals surface area (Å²) in [5.74, 6) is -2.92. The number of aliphatic carboxylic acids is 2. The van der Waals surface area contributed by atoms with E-state index in [0.717, 1.165) is 5.52 Å². The van der Waals surface area contributed by atoms with Gasteiger partial charge in [-0.05, 0) is 12.5 Å². The fourth-order valence-corrected chi connectivity index (χ4v) is 2.02. The topological polar surface area (TPSA) is 119 Å². The van der Waals surface area contributed by atoms with Gasteiger partial charge in [-0.3, -0.25) is 9.59 Å². The van der Waals surface area contributed by atoms with Gasteiger partial charge in [-0.1, -0.05) is 18.2 Å². The fourth-order valence-electron chi connectivity index (χ4n) is 2.02. The van der Waals surface area contributed by atoms with Gasteiger partial charge in [0.2, 0.25) is 0 Å². The number of carboxylic acids is 2. The van der Waals surface area contributed by atoms with Gasteiger partial charge in [0.25, 0.3) is 5.91 Å². The Morgan fingerprint density at radius 2 is 1.90 bits per heavy atom. The van der Waals surface area contributed by atoms with Crippen molar-refractivity contribution in [3.8, 4) is 0 Å². The number of carbonyl (C=O) groups is 3. The summed E-state index contributed by atoms with van der Waals surface area (Å²) in [6.07, 6.45) is 1.000. The third kappa shape index (κ3) is 3.38. The number of hydrogen-bond donors (Lipinski definition) is 4. The Morgan fingerprint density at radius 3 is 2.57 bits per heavy atom. The van der Waals surface area contributed by atoms with E-state index in [9.17, 15) is 14.4 Å². The summed E-state index contributed by atoms with van der Waals surface area (Å²) in [4.78, 5) is 36.6. The fraction of sp³-hybridized carbons (Fsp3) is 0.214. The smallest absolute Gasteiger partial charge is 0.326 e. The van der Waals surface area contributed by atoms with Crippen LogP contribution in [0.2, 0.25) is 0 Å². The van der Waals surface area contributed by atoms with Crippen LogP contribution in [-0.4, -0.2) is 39.1 Å². The van der Waals surface area contributed by atoms with Gasteiger partial charge in [0.1, 0.15) is 6.04 Å². The number of benzene rings is 1. The summed E-state index contributed by atoms with van der Waals surface area (Å²) in [5, 5.41) is 20.6. The number of aromatic amines is 1. The first kappa shape index (κ1) is 14.6. The Labute approximate surface area is 119 Å². The molecule has 0 bridgehead atoms. The molecule has 1 heterocycles. The highest BCUT2D eigenvalue weighted by molar-refractivity contribution is 6.07. The molecular formula is C14H14N2O5. The first-order chi connectivity index (χ1) is 9.99. The van der Waals surface area contributed by atoms with Crippen LogP contribution < -0.4 is 5.32 Å². The van der Waals surface area contributed by atoms with Crippen molar-refractivity contribution >= 4 is 28.7 Å². The first-order valence-electron chi connectivity index (χ1n) is 6.30. The van der Waals surface area contributed by atoms with Gasteiger partial charge in [0.15, 0.2) is 0 Å². The lowest BCUT2D eigenvalue weighted by atomic mass is 10.1. The highest BCUT2D eigenvalue weighted by Gasteiger charge is 2.22. The first-order valence-corrected chi connectivity index (χ1v) is 6.30. The summed E-state index contributed by atoms with van der Waals surface area (Å²) < 4.78 is 0. The summed E-state index contributed by atoms with van der Waals surface area (Å²) in [6, 6.07) is 5.89. The summed E-state index contributed by atoms with van der Waals surface area (Å²) >= 11 is 0. The van der Waals surface area contributed by atoms with Gasteiger partial charge in [0, 0.05) is 23.5 Å². The van der Waals surface area contributed by atoms with Crippen molar-refractivity contribution in [3.63, 3.8) is 0 Å². The molecule has 4 N–H and O–H groups in total. The van der Waals surface area contributed by atoms with E-state index < -0.39 is 23.9 Å². The normalized spacial score (nSPS) is 12.0. The molecule has 0 spiro atoms. The van der Waals surface area contributed by atoms with Crippen LogP contribution in [0.1, 0.15) is 23.2 Å². The summed E-state index contributed by atoms with van der Waals surface area (Å²) in [7, 11) is 0. The predicted molar refractivity (Wildman–Crippen MR) is 74.1 cm³/mol. The minimum absolute atomic E-state index is 0.168. The van der Waals surface area contributed by atoms with Crippen LogP contribution in [0.25, 0.3) is 10.9 Å². The number of fused-ring (bicyclic) bond motifs is 1. The van der Waals surface area contributed by atoms with Crippen molar-refractivity contribution < 1.29 is 24.6 Å². The van der Waals surface area contributed by atoms with Crippen LogP contribution >= 0.6 is 0 Å². The Morgan fingerprint density at radius 1 is 1.19 bits per heavy atom. The minimum atomic E-state index is -1.26. The van der Waals surface area contributed by atoms with E-state index in [1.165, 1.54) is 6.20 Å². The molecular weight excluding hydrogens is 276 g/mol. The molecule has 7 heteroatoms. The van der Waals surface area contributed by atoms with E-state index in [1.807, 2.05) is 6.07 Å². The van der Waals surface area contributed by atoms with Crippen LogP contribution in [0.5, 0.6) is 0 Å². The molecule has 21 heavy (non-hydrogen) atoms. The second kappa shape index (κ2) is 6.08. The monoisotopic (exact) mass is 290 g/mol. The highest BCUT2D eigenvalue weighted by atomic mass is 16.4. The zero-order valence-corrected chi connectivity index (χ0v) is 11.0. The summed E-state index contributed by atoms with van der Waals surface area (Å²) in [5.41, 5.74) is 1.09. The third-order valence-electron chi connectivity index (χ3n) is 3.08. The van der Waals surface area contributed by atoms with Gasteiger partial charge < -0.3 is 20.5 Å². The van der Waals surface area contributed by atoms with Gasteiger partial charge in [-0.15, -0.1) is 0 Å². The van der Waals surface area contributed by atoms with Crippen LogP contribution in [0.3, 0.4) is 0 Å². The van der Waals surface area contributed by atoms with Crippen LogP contribution in [-0.2, 0) is 9.59 Å². The number of carboxylic acid groups (broad SMARTS) is 2. The lowest BCUT2D eigenvalue weighted by molar-refractivity contribution is -0.140. The van der Waals surface area contributed by atoms with Crippen molar-refractivity contribution in [2.24, 2.45) is 0 Å². The zero-order chi connectivity index (χ0) is 15.4. The SMILES string of the molecule is O=C(O)CCC(NC(=O)c1c[nH]c2ccccc12)C(=O)O. The van der Waals surface area contributed by atoms with Crippen LogP contribution in [0.4, 0.5) is 0 Å².